The second-order valence-electron chi connectivity index (χ2n) is 5.55. The normalized spacial score (nSPS) is 23.5. The SMILES string of the molecule is O=C(CCN1CCCCCC1)NC1CCCC1. The third-order valence-corrected chi connectivity index (χ3v) is 4.07. The number of amides is 1. The summed E-state index contributed by atoms with van der Waals surface area (Å²) in [6.07, 6.45) is 11.0. The summed E-state index contributed by atoms with van der Waals surface area (Å²) in [6, 6.07) is 0.478. The lowest BCUT2D eigenvalue weighted by molar-refractivity contribution is -0.122. The molecule has 0 unspecified atom stereocenters. The molecule has 0 aromatic heterocycles. The molecule has 98 valence electrons. The predicted octanol–water partition coefficient (Wildman–Crippen LogP) is 2.31. The summed E-state index contributed by atoms with van der Waals surface area (Å²) in [6.45, 7) is 3.34. The van der Waals surface area contributed by atoms with E-state index in [0.29, 0.717) is 12.5 Å². The zero-order valence-corrected chi connectivity index (χ0v) is 10.9. The van der Waals surface area contributed by atoms with Crippen LogP contribution in [0.4, 0.5) is 0 Å². The highest BCUT2D eigenvalue weighted by molar-refractivity contribution is 5.76. The molecular formula is C14H26N2O. The highest BCUT2D eigenvalue weighted by Gasteiger charge is 2.17. The van der Waals surface area contributed by atoms with Crippen molar-refractivity contribution in [2.45, 2.75) is 63.8 Å². The lowest BCUT2D eigenvalue weighted by Crippen LogP contribution is -2.36. The van der Waals surface area contributed by atoms with Crippen LogP contribution in [0.1, 0.15) is 57.8 Å². The van der Waals surface area contributed by atoms with E-state index in [4.69, 9.17) is 0 Å². The van der Waals surface area contributed by atoms with Crippen molar-refractivity contribution >= 4 is 5.91 Å². The second kappa shape index (κ2) is 7.00. The van der Waals surface area contributed by atoms with Crippen molar-refractivity contribution < 1.29 is 4.79 Å². The lowest BCUT2D eigenvalue weighted by Gasteiger charge is -2.20. The summed E-state index contributed by atoms with van der Waals surface area (Å²) in [5.41, 5.74) is 0. The summed E-state index contributed by atoms with van der Waals surface area (Å²) in [7, 11) is 0. The average Bonchev–Trinajstić information content (AvgIpc) is 2.68. The van der Waals surface area contributed by atoms with Crippen molar-refractivity contribution in [3.05, 3.63) is 0 Å². The zero-order chi connectivity index (χ0) is 11.9. The molecule has 0 bridgehead atoms. The zero-order valence-electron chi connectivity index (χ0n) is 10.9. The fourth-order valence-electron chi connectivity index (χ4n) is 2.99. The average molecular weight is 238 g/mol. The monoisotopic (exact) mass is 238 g/mol. The molecule has 0 spiro atoms. The largest absolute Gasteiger partial charge is 0.353 e. The summed E-state index contributed by atoms with van der Waals surface area (Å²) in [5, 5.41) is 3.17. The Kier molecular flexibility index (Phi) is 5.30. The third kappa shape index (κ3) is 4.66. The van der Waals surface area contributed by atoms with Crippen LogP contribution < -0.4 is 5.32 Å². The number of nitrogens with zero attached hydrogens (tertiary/aromatic N) is 1. The van der Waals surface area contributed by atoms with E-state index in [1.165, 1.54) is 64.5 Å². The predicted molar refractivity (Wildman–Crippen MR) is 69.9 cm³/mol. The van der Waals surface area contributed by atoms with Crippen LogP contribution in [0.15, 0.2) is 0 Å². The number of nitrogens with one attached hydrogen (secondary N) is 1. The maximum Gasteiger partial charge on any atom is 0.221 e. The Morgan fingerprint density at radius 1 is 1.00 bits per heavy atom. The Balaban J connectivity index is 1.61. The van der Waals surface area contributed by atoms with Crippen LogP contribution in [0.5, 0.6) is 0 Å². The molecule has 1 amide bonds. The van der Waals surface area contributed by atoms with Gasteiger partial charge in [0.05, 0.1) is 0 Å². The first kappa shape index (κ1) is 12.9. The van der Waals surface area contributed by atoms with E-state index < -0.39 is 0 Å². The van der Waals surface area contributed by atoms with Gasteiger partial charge in [0.25, 0.3) is 0 Å². The quantitative estimate of drug-likeness (QED) is 0.815. The molecule has 0 aromatic carbocycles. The first-order valence-electron chi connectivity index (χ1n) is 7.36. The highest BCUT2D eigenvalue weighted by atomic mass is 16.1. The summed E-state index contributed by atoms with van der Waals surface area (Å²) < 4.78 is 0. The molecule has 3 heteroatoms. The van der Waals surface area contributed by atoms with Gasteiger partial charge in [0.2, 0.25) is 5.91 Å². The molecular weight excluding hydrogens is 212 g/mol. The van der Waals surface area contributed by atoms with E-state index in [9.17, 15) is 4.79 Å². The van der Waals surface area contributed by atoms with E-state index in [1.807, 2.05) is 0 Å². The molecule has 1 heterocycles. The van der Waals surface area contributed by atoms with Gasteiger partial charge in [-0.15, -0.1) is 0 Å². The molecule has 0 atom stereocenters. The minimum atomic E-state index is 0.265. The number of rotatable bonds is 4. The number of likely N-dealkylation sites (tertiary alicyclic amines) is 1. The van der Waals surface area contributed by atoms with Crippen molar-refractivity contribution in [1.82, 2.24) is 10.2 Å². The fraction of sp³-hybridized carbons (Fsp3) is 0.929. The van der Waals surface area contributed by atoms with E-state index in [1.54, 1.807) is 0 Å². The highest BCUT2D eigenvalue weighted by Crippen LogP contribution is 2.17. The van der Waals surface area contributed by atoms with Gasteiger partial charge in [0, 0.05) is 19.0 Å². The smallest absolute Gasteiger partial charge is 0.221 e. The minimum absolute atomic E-state index is 0.265. The Labute approximate surface area is 105 Å². The molecule has 3 nitrogen and oxygen atoms in total. The van der Waals surface area contributed by atoms with E-state index in [2.05, 4.69) is 10.2 Å². The van der Waals surface area contributed by atoms with Gasteiger partial charge in [0.1, 0.15) is 0 Å². The van der Waals surface area contributed by atoms with Gasteiger partial charge < -0.3 is 10.2 Å². The topological polar surface area (TPSA) is 32.3 Å². The van der Waals surface area contributed by atoms with Crippen molar-refractivity contribution in [1.29, 1.82) is 0 Å². The minimum Gasteiger partial charge on any atom is -0.353 e. The van der Waals surface area contributed by atoms with Crippen molar-refractivity contribution in [2.24, 2.45) is 0 Å². The standard InChI is InChI=1S/C14H26N2O/c17-14(15-13-7-3-4-8-13)9-12-16-10-5-1-2-6-11-16/h13H,1-12H2,(H,15,17). The van der Waals surface area contributed by atoms with Gasteiger partial charge in [-0.3, -0.25) is 4.79 Å². The Morgan fingerprint density at radius 2 is 1.65 bits per heavy atom. The van der Waals surface area contributed by atoms with Crippen LogP contribution in [0.3, 0.4) is 0 Å². The first-order valence-corrected chi connectivity index (χ1v) is 7.36. The van der Waals surface area contributed by atoms with E-state index in [0.717, 1.165) is 6.54 Å². The molecule has 2 fully saturated rings. The van der Waals surface area contributed by atoms with Crippen molar-refractivity contribution in [3.63, 3.8) is 0 Å². The molecule has 2 aliphatic rings. The lowest BCUT2D eigenvalue weighted by atomic mass is 10.2. The van der Waals surface area contributed by atoms with E-state index >= 15 is 0 Å². The fourth-order valence-corrected chi connectivity index (χ4v) is 2.99. The molecule has 1 saturated heterocycles. The Hall–Kier alpha value is -0.570. The molecule has 0 aromatic rings. The van der Waals surface area contributed by atoms with Crippen LogP contribution in [0.2, 0.25) is 0 Å². The van der Waals surface area contributed by atoms with Gasteiger partial charge in [-0.05, 0) is 38.8 Å². The summed E-state index contributed by atoms with van der Waals surface area (Å²) >= 11 is 0. The summed E-state index contributed by atoms with van der Waals surface area (Å²) in [4.78, 5) is 14.2. The second-order valence-corrected chi connectivity index (χ2v) is 5.55. The maximum atomic E-state index is 11.8. The number of hydrogen-bond acceptors (Lipinski definition) is 2. The Bertz CT molecular complexity index is 228. The van der Waals surface area contributed by atoms with Crippen molar-refractivity contribution in [3.8, 4) is 0 Å². The van der Waals surface area contributed by atoms with Crippen LogP contribution in [0.25, 0.3) is 0 Å². The van der Waals surface area contributed by atoms with Crippen LogP contribution in [-0.4, -0.2) is 36.5 Å². The molecule has 17 heavy (non-hydrogen) atoms. The van der Waals surface area contributed by atoms with Crippen LogP contribution in [0, 0.1) is 0 Å². The van der Waals surface area contributed by atoms with Crippen LogP contribution >= 0.6 is 0 Å². The molecule has 1 N–H and O–H groups in total. The molecule has 1 aliphatic heterocycles. The third-order valence-electron chi connectivity index (χ3n) is 4.07. The molecule has 1 aliphatic carbocycles. The number of carbonyl (C=O) groups excluding carboxylic acids is 1. The maximum absolute atomic E-state index is 11.8. The Morgan fingerprint density at radius 3 is 2.29 bits per heavy atom. The van der Waals surface area contributed by atoms with E-state index in [-0.39, 0.29) is 5.91 Å². The van der Waals surface area contributed by atoms with Crippen molar-refractivity contribution in [2.75, 3.05) is 19.6 Å². The molecule has 2 rings (SSSR count). The summed E-state index contributed by atoms with van der Waals surface area (Å²) in [5.74, 6) is 0.265. The number of hydrogen-bond donors (Lipinski definition) is 1. The van der Waals surface area contributed by atoms with Gasteiger partial charge in [0.15, 0.2) is 0 Å². The van der Waals surface area contributed by atoms with Crippen LogP contribution in [-0.2, 0) is 4.79 Å². The van der Waals surface area contributed by atoms with Gasteiger partial charge in [-0.25, -0.2) is 0 Å². The molecule has 1 saturated carbocycles. The van der Waals surface area contributed by atoms with Gasteiger partial charge in [-0.2, -0.15) is 0 Å². The molecule has 0 radical (unpaired) electrons. The first-order chi connectivity index (χ1) is 8.34. The number of carbonyl (C=O) groups is 1. The van der Waals surface area contributed by atoms with Gasteiger partial charge >= 0.3 is 0 Å². The van der Waals surface area contributed by atoms with Gasteiger partial charge in [-0.1, -0.05) is 25.7 Å².